The van der Waals surface area contributed by atoms with Crippen LogP contribution < -0.4 is 10.2 Å². The maximum absolute atomic E-state index is 13.7. The molecule has 1 atom stereocenters. The Morgan fingerprint density at radius 1 is 1.17 bits per heavy atom. The number of hydrogen-bond donors (Lipinski definition) is 1. The zero-order chi connectivity index (χ0) is 24.9. The molecule has 0 aliphatic carbocycles. The van der Waals surface area contributed by atoms with Crippen LogP contribution in [-0.4, -0.2) is 58.3 Å². The predicted octanol–water partition coefficient (Wildman–Crippen LogP) is 3.65. The maximum Gasteiger partial charge on any atom is 0.325 e. The third-order valence-electron chi connectivity index (χ3n) is 5.75. The first-order valence-electron chi connectivity index (χ1n) is 11.3. The fraction of sp³-hybridized carbons (Fsp3) is 0.280. The number of anilines is 1. The van der Waals surface area contributed by atoms with Crippen LogP contribution in [0.1, 0.15) is 29.8 Å². The molecule has 2 aromatic carbocycles. The summed E-state index contributed by atoms with van der Waals surface area (Å²) < 4.78 is 6.55. The smallest absolute Gasteiger partial charge is 0.325 e. The molecule has 35 heavy (non-hydrogen) atoms. The Bertz CT molecular complexity index is 1230. The molecular formula is C25H26ClN5O4. The van der Waals surface area contributed by atoms with E-state index in [0.717, 1.165) is 11.3 Å². The molecule has 1 N–H and O–H groups in total. The summed E-state index contributed by atoms with van der Waals surface area (Å²) in [5.74, 6) is -0.774. The van der Waals surface area contributed by atoms with E-state index in [4.69, 9.17) is 16.3 Å². The average molecular weight is 496 g/mol. The fourth-order valence-electron chi connectivity index (χ4n) is 4.02. The number of ether oxygens (including phenoxy) is 1. The van der Waals surface area contributed by atoms with Crippen LogP contribution in [0.25, 0.3) is 5.69 Å². The lowest BCUT2D eigenvalue weighted by Crippen LogP contribution is -2.49. The van der Waals surface area contributed by atoms with Gasteiger partial charge in [0.2, 0.25) is 0 Å². The third kappa shape index (κ3) is 5.30. The van der Waals surface area contributed by atoms with Crippen LogP contribution >= 0.6 is 11.6 Å². The summed E-state index contributed by atoms with van der Waals surface area (Å²) in [6.07, 6.45) is 3.46. The van der Waals surface area contributed by atoms with Crippen molar-refractivity contribution in [3.63, 3.8) is 0 Å². The Kier molecular flexibility index (Phi) is 7.36. The summed E-state index contributed by atoms with van der Waals surface area (Å²) in [4.78, 5) is 41.5. The molecule has 182 valence electrons. The van der Waals surface area contributed by atoms with Crippen molar-refractivity contribution in [3.8, 4) is 5.69 Å². The molecule has 0 saturated heterocycles. The number of carbonyl (C=O) groups excluding carboxylic acids is 3. The number of amides is 3. The number of esters is 1. The van der Waals surface area contributed by atoms with Gasteiger partial charge in [0.1, 0.15) is 6.54 Å². The summed E-state index contributed by atoms with van der Waals surface area (Å²) in [5.41, 5.74) is 2.61. The molecule has 0 saturated carbocycles. The minimum atomic E-state index is -0.506. The van der Waals surface area contributed by atoms with Crippen LogP contribution in [0.4, 0.5) is 10.5 Å². The third-order valence-corrected chi connectivity index (χ3v) is 6.06. The van der Waals surface area contributed by atoms with Crippen molar-refractivity contribution < 1.29 is 19.1 Å². The Balaban J connectivity index is 1.59. The number of hydrogen-bond acceptors (Lipinski definition) is 5. The standard InChI is InChI=1S/C25H26ClN5O4/c1-3-35-23(32)14-27-25(34)29-16-18-7-4-5-8-22(18)30(15-17(29)2)24(33)20-10-9-19(13-21(20)26)31-12-6-11-28-31/h4-13,17H,3,14-16H2,1-2H3,(H,27,34). The molecular weight excluding hydrogens is 470 g/mol. The quantitative estimate of drug-likeness (QED) is 0.545. The molecule has 3 amide bonds. The van der Waals surface area contributed by atoms with Gasteiger partial charge >= 0.3 is 12.0 Å². The van der Waals surface area contributed by atoms with Crippen molar-refractivity contribution in [3.05, 3.63) is 77.1 Å². The number of rotatable bonds is 5. The maximum atomic E-state index is 13.7. The van der Waals surface area contributed by atoms with E-state index in [-0.39, 0.29) is 38.2 Å². The molecule has 9 nitrogen and oxygen atoms in total. The van der Waals surface area contributed by atoms with Crippen molar-refractivity contribution in [2.45, 2.75) is 26.4 Å². The van der Waals surface area contributed by atoms with Crippen molar-refractivity contribution in [2.75, 3.05) is 24.6 Å². The van der Waals surface area contributed by atoms with Gasteiger partial charge in [-0.15, -0.1) is 0 Å². The molecule has 3 aromatic rings. The van der Waals surface area contributed by atoms with E-state index in [2.05, 4.69) is 10.4 Å². The molecule has 1 aliphatic rings. The van der Waals surface area contributed by atoms with Gasteiger partial charge in [-0.3, -0.25) is 9.59 Å². The number of aromatic nitrogens is 2. The number of halogens is 1. The highest BCUT2D eigenvalue weighted by molar-refractivity contribution is 6.34. The molecule has 1 aromatic heterocycles. The molecule has 0 spiro atoms. The summed E-state index contributed by atoms with van der Waals surface area (Å²) in [7, 11) is 0. The van der Waals surface area contributed by atoms with Crippen molar-refractivity contribution in [1.29, 1.82) is 0 Å². The van der Waals surface area contributed by atoms with Gasteiger partial charge in [-0.2, -0.15) is 5.10 Å². The minimum Gasteiger partial charge on any atom is -0.465 e. The van der Waals surface area contributed by atoms with E-state index < -0.39 is 12.0 Å². The molecule has 2 heterocycles. The fourth-order valence-corrected chi connectivity index (χ4v) is 4.28. The second kappa shape index (κ2) is 10.6. The summed E-state index contributed by atoms with van der Waals surface area (Å²) in [5, 5.41) is 7.11. The molecule has 0 radical (unpaired) electrons. The average Bonchev–Trinajstić information content (AvgIpc) is 3.34. The van der Waals surface area contributed by atoms with Crippen LogP contribution in [0.15, 0.2) is 60.9 Å². The number of nitrogens with one attached hydrogen (secondary N) is 1. The summed E-state index contributed by atoms with van der Waals surface area (Å²) >= 11 is 6.53. The number of nitrogens with zero attached hydrogens (tertiary/aromatic N) is 4. The lowest BCUT2D eigenvalue weighted by atomic mass is 10.1. The number of para-hydroxylation sites is 1. The first-order valence-corrected chi connectivity index (χ1v) is 11.7. The minimum absolute atomic E-state index is 0.224. The van der Waals surface area contributed by atoms with Gasteiger partial charge in [0.05, 0.1) is 22.9 Å². The Hall–Kier alpha value is -3.85. The monoisotopic (exact) mass is 495 g/mol. The first-order chi connectivity index (χ1) is 16.9. The lowest BCUT2D eigenvalue weighted by molar-refractivity contribution is -0.141. The highest BCUT2D eigenvalue weighted by atomic mass is 35.5. The topological polar surface area (TPSA) is 96.8 Å². The molecule has 1 unspecified atom stereocenters. The predicted molar refractivity (Wildman–Crippen MR) is 132 cm³/mol. The largest absolute Gasteiger partial charge is 0.465 e. The molecule has 0 fully saturated rings. The van der Waals surface area contributed by atoms with Gasteiger partial charge in [0.15, 0.2) is 0 Å². The van der Waals surface area contributed by atoms with E-state index in [1.807, 2.05) is 31.2 Å². The van der Waals surface area contributed by atoms with Crippen molar-refractivity contribution >= 4 is 35.2 Å². The second-order valence-electron chi connectivity index (χ2n) is 8.10. The SMILES string of the molecule is CCOC(=O)CNC(=O)N1Cc2ccccc2N(C(=O)c2ccc(-n3cccn3)cc2Cl)CC1C. The van der Waals surface area contributed by atoms with E-state index in [1.165, 1.54) is 0 Å². The zero-order valence-electron chi connectivity index (χ0n) is 19.5. The second-order valence-corrected chi connectivity index (χ2v) is 8.51. The molecule has 0 bridgehead atoms. The Labute approximate surface area is 208 Å². The normalized spacial score (nSPS) is 15.2. The Morgan fingerprint density at radius 3 is 2.69 bits per heavy atom. The van der Waals surface area contributed by atoms with E-state index in [9.17, 15) is 14.4 Å². The lowest BCUT2D eigenvalue weighted by Gasteiger charge is -2.29. The van der Waals surface area contributed by atoms with Crippen LogP contribution in [0.2, 0.25) is 5.02 Å². The van der Waals surface area contributed by atoms with Gasteiger partial charge < -0.3 is 19.9 Å². The number of benzene rings is 2. The highest BCUT2D eigenvalue weighted by Gasteiger charge is 2.32. The van der Waals surface area contributed by atoms with Crippen molar-refractivity contribution in [1.82, 2.24) is 20.0 Å². The van der Waals surface area contributed by atoms with Crippen LogP contribution in [0.5, 0.6) is 0 Å². The number of carbonyl (C=O) groups is 3. The van der Waals surface area contributed by atoms with Gasteiger partial charge in [0.25, 0.3) is 5.91 Å². The van der Waals surface area contributed by atoms with Crippen LogP contribution in [0, 0.1) is 0 Å². The zero-order valence-corrected chi connectivity index (χ0v) is 20.2. The Morgan fingerprint density at radius 2 is 1.97 bits per heavy atom. The first kappa shape index (κ1) is 24.3. The number of urea groups is 1. The van der Waals surface area contributed by atoms with Gasteiger partial charge in [0, 0.05) is 37.2 Å². The number of fused-ring (bicyclic) bond motifs is 1. The van der Waals surface area contributed by atoms with Gasteiger partial charge in [-0.1, -0.05) is 29.8 Å². The van der Waals surface area contributed by atoms with Crippen LogP contribution in [0.3, 0.4) is 0 Å². The van der Waals surface area contributed by atoms with E-state index >= 15 is 0 Å². The van der Waals surface area contributed by atoms with E-state index in [0.29, 0.717) is 16.3 Å². The summed E-state index contributed by atoms with van der Waals surface area (Å²) in [6.45, 7) is 4.11. The van der Waals surface area contributed by atoms with E-state index in [1.54, 1.807) is 58.1 Å². The van der Waals surface area contributed by atoms with Gasteiger partial charge in [-0.25, -0.2) is 9.48 Å². The van der Waals surface area contributed by atoms with Crippen LogP contribution in [-0.2, 0) is 16.1 Å². The summed E-state index contributed by atoms with van der Waals surface area (Å²) in [6, 6.07) is 13.7. The van der Waals surface area contributed by atoms with Gasteiger partial charge in [-0.05, 0) is 49.7 Å². The van der Waals surface area contributed by atoms with Crippen molar-refractivity contribution in [2.24, 2.45) is 0 Å². The molecule has 1 aliphatic heterocycles. The molecule has 4 rings (SSSR count). The molecule has 10 heteroatoms. The highest BCUT2D eigenvalue weighted by Crippen LogP contribution is 2.30.